The molecule has 0 heterocycles. The number of nitrogens with two attached hydrogens (primary N) is 1. The predicted molar refractivity (Wildman–Crippen MR) is 75.5 cm³/mol. The molecule has 0 spiro atoms. The summed E-state index contributed by atoms with van der Waals surface area (Å²) in [5.41, 5.74) is 3.84. The van der Waals surface area contributed by atoms with E-state index >= 15 is 0 Å². The number of hydrogen-bond acceptors (Lipinski definition) is 2. The lowest BCUT2D eigenvalue weighted by Gasteiger charge is -2.21. The van der Waals surface area contributed by atoms with Crippen LogP contribution in [0.25, 0.3) is 0 Å². The van der Waals surface area contributed by atoms with Crippen molar-refractivity contribution in [3.8, 4) is 0 Å². The molecule has 1 rings (SSSR count). The Hall–Kier alpha value is -1.07. The van der Waals surface area contributed by atoms with Gasteiger partial charge in [-0.1, -0.05) is 41.1 Å². The van der Waals surface area contributed by atoms with Crippen molar-refractivity contribution >= 4 is 21.9 Å². The Bertz CT molecular complexity index is 379. The number of nitrogens with one attached hydrogen (secondary N) is 1. The Kier molecular flexibility index (Phi) is 6.00. The van der Waals surface area contributed by atoms with Crippen molar-refractivity contribution in [1.29, 1.82) is 0 Å². The molecule has 0 fully saturated rings. The number of guanidine groups is 1. The van der Waals surface area contributed by atoms with Crippen LogP contribution in [0.3, 0.4) is 0 Å². The molecule has 1 aromatic carbocycles. The van der Waals surface area contributed by atoms with Crippen molar-refractivity contribution in [1.82, 2.24) is 10.3 Å². The van der Waals surface area contributed by atoms with E-state index < -0.39 is 0 Å². The first-order valence-electron chi connectivity index (χ1n) is 5.64. The number of nitrogens with zero attached hydrogens (tertiary/aromatic N) is 2. The topological polar surface area (TPSA) is 53.6 Å². The molecule has 1 aromatic rings. The van der Waals surface area contributed by atoms with Gasteiger partial charge in [0.25, 0.3) is 0 Å². The van der Waals surface area contributed by atoms with Gasteiger partial charge in [0.15, 0.2) is 0 Å². The minimum absolute atomic E-state index is 0.711. The molecule has 0 aliphatic carbocycles. The fourth-order valence-corrected chi connectivity index (χ4v) is 1.86. The van der Waals surface area contributed by atoms with Crippen LogP contribution in [0.1, 0.15) is 18.9 Å². The summed E-state index contributed by atoms with van der Waals surface area (Å²) in [6.07, 6.45) is 1.01. The van der Waals surface area contributed by atoms with Gasteiger partial charge in [0.1, 0.15) is 0 Å². The number of halogens is 1. The summed E-state index contributed by atoms with van der Waals surface area (Å²) in [7, 11) is 1.97. The normalized spacial score (nSPS) is 11.4. The molecule has 0 bridgehead atoms. The average molecular weight is 299 g/mol. The van der Waals surface area contributed by atoms with Gasteiger partial charge in [0.2, 0.25) is 5.96 Å². The van der Waals surface area contributed by atoms with E-state index in [2.05, 4.69) is 39.3 Å². The van der Waals surface area contributed by atoms with Crippen LogP contribution in [0.4, 0.5) is 0 Å². The molecular formula is C12H19BrN4. The maximum atomic E-state index is 5.47. The Morgan fingerprint density at radius 2 is 2.18 bits per heavy atom. The van der Waals surface area contributed by atoms with E-state index in [1.807, 2.05) is 30.1 Å². The molecule has 5 heteroatoms. The minimum atomic E-state index is 0.711. The van der Waals surface area contributed by atoms with Crippen molar-refractivity contribution in [3.63, 3.8) is 0 Å². The first-order chi connectivity index (χ1) is 8.19. The van der Waals surface area contributed by atoms with E-state index in [-0.39, 0.29) is 0 Å². The highest BCUT2D eigenvalue weighted by Gasteiger charge is 2.07. The molecule has 4 nitrogen and oxygen atoms in total. The molecule has 0 radical (unpaired) electrons. The first-order valence-corrected chi connectivity index (χ1v) is 6.44. The second-order valence-electron chi connectivity index (χ2n) is 3.80. The largest absolute Gasteiger partial charge is 0.341 e. The number of aliphatic imine (C=N–C) groups is 1. The van der Waals surface area contributed by atoms with Crippen LogP contribution in [-0.2, 0) is 6.54 Å². The van der Waals surface area contributed by atoms with Gasteiger partial charge in [0, 0.05) is 24.6 Å². The fourth-order valence-electron chi connectivity index (χ4n) is 1.45. The maximum Gasteiger partial charge on any atom is 0.208 e. The van der Waals surface area contributed by atoms with Crippen LogP contribution in [-0.4, -0.2) is 24.5 Å². The van der Waals surface area contributed by atoms with E-state index in [9.17, 15) is 0 Å². The molecule has 3 N–H and O–H groups in total. The van der Waals surface area contributed by atoms with Gasteiger partial charge in [-0.3, -0.25) is 10.4 Å². The van der Waals surface area contributed by atoms with Gasteiger partial charge in [-0.05, 0) is 18.1 Å². The second-order valence-corrected chi connectivity index (χ2v) is 4.65. The zero-order chi connectivity index (χ0) is 12.7. The lowest BCUT2D eigenvalue weighted by atomic mass is 10.2. The lowest BCUT2D eigenvalue weighted by Crippen LogP contribution is -2.42. The fraction of sp³-hybridized carbons (Fsp3) is 0.417. The highest BCUT2D eigenvalue weighted by atomic mass is 79.9. The molecule has 0 amide bonds. The summed E-state index contributed by atoms with van der Waals surface area (Å²) in [4.78, 5) is 6.37. The number of benzene rings is 1. The highest BCUT2D eigenvalue weighted by molar-refractivity contribution is 9.10. The molecule has 0 saturated carbocycles. The Morgan fingerprint density at radius 1 is 1.47 bits per heavy atom. The summed E-state index contributed by atoms with van der Waals surface area (Å²) in [5, 5.41) is 0. The predicted octanol–water partition coefficient (Wildman–Crippen LogP) is 2.11. The molecule has 0 unspecified atom stereocenters. The quantitative estimate of drug-likeness (QED) is 0.387. The number of rotatable bonds is 4. The molecule has 0 atom stereocenters. The van der Waals surface area contributed by atoms with Crippen molar-refractivity contribution in [2.75, 3.05) is 13.6 Å². The summed E-state index contributed by atoms with van der Waals surface area (Å²) in [6.45, 7) is 3.62. The third kappa shape index (κ3) is 4.36. The van der Waals surface area contributed by atoms with Gasteiger partial charge in [-0.25, -0.2) is 5.84 Å². The molecule has 0 saturated heterocycles. The SMILES string of the molecule is CCCN=C(NN)N(C)Cc1ccccc1Br. The van der Waals surface area contributed by atoms with Gasteiger partial charge in [-0.2, -0.15) is 0 Å². The number of hydrogen-bond donors (Lipinski definition) is 2. The smallest absolute Gasteiger partial charge is 0.208 e. The Balaban J connectivity index is 2.70. The van der Waals surface area contributed by atoms with Crippen molar-refractivity contribution in [2.45, 2.75) is 19.9 Å². The second kappa shape index (κ2) is 7.29. The zero-order valence-electron chi connectivity index (χ0n) is 10.3. The van der Waals surface area contributed by atoms with Gasteiger partial charge in [0.05, 0.1) is 0 Å². The molecule has 0 aliphatic rings. The van der Waals surface area contributed by atoms with Crippen LogP contribution in [0.15, 0.2) is 33.7 Å². The molecule has 94 valence electrons. The molecule has 0 aliphatic heterocycles. The van der Waals surface area contributed by atoms with E-state index in [0.29, 0.717) is 5.96 Å². The zero-order valence-corrected chi connectivity index (χ0v) is 11.9. The van der Waals surface area contributed by atoms with Gasteiger partial charge >= 0.3 is 0 Å². The van der Waals surface area contributed by atoms with Crippen molar-refractivity contribution < 1.29 is 0 Å². The summed E-state index contributed by atoms with van der Waals surface area (Å²) >= 11 is 3.53. The maximum absolute atomic E-state index is 5.47. The van der Waals surface area contributed by atoms with E-state index in [1.54, 1.807) is 0 Å². The third-order valence-corrected chi connectivity index (χ3v) is 3.11. The average Bonchev–Trinajstić information content (AvgIpc) is 2.33. The van der Waals surface area contributed by atoms with E-state index in [4.69, 9.17) is 5.84 Å². The van der Waals surface area contributed by atoms with Crippen LogP contribution in [0, 0.1) is 0 Å². The van der Waals surface area contributed by atoms with Gasteiger partial charge < -0.3 is 4.90 Å². The summed E-state index contributed by atoms with van der Waals surface area (Å²) in [6, 6.07) is 8.13. The van der Waals surface area contributed by atoms with Gasteiger partial charge in [-0.15, -0.1) is 0 Å². The third-order valence-electron chi connectivity index (χ3n) is 2.34. The van der Waals surface area contributed by atoms with Crippen LogP contribution >= 0.6 is 15.9 Å². The standard InChI is InChI=1S/C12H19BrN4/c1-3-8-15-12(16-14)17(2)9-10-6-4-5-7-11(10)13/h4-7H,3,8-9,14H2,1-2H3,(H,15,16). The Morgan fingerprint density at radius 3 is 2.76 bits per heavy atom. The monoisotopic (exact) mass is 298 g/mol. The minimum Gasteiger partial charge on any atom is -0.341 e. The lowest BCUT2D eigenvalue weighted by molar-refractivity contribution is 0.476. The van der Waals surface area contributed by atoms with Crippen molar-refractivity contribution in [2.24, 2.45) is 10.8 Å². The van der Waals surface area contributed by atoms with Crippen molar-refractivity contribution in [3.05, 3.63) is 34.3 Å². The summed E-state index contributed by atoms with van der Waals surface area (Å²) in [5.74, 6) is 6.18. The van der Waals surface area contributed by atoms with E-state index in [1.165, 1.54) is 5.56 Å². The first kappa shape index (κ1) is 14.0. The van der Waals surface area contributed by atoms with Crippen LogP contribution in [0.5, 0.6) is 0 Å². The molecule has 17 heavy (non-hydrogen) atoms. The molecular weight excluding hydrogens is 280 g/mol. The van der Waals surface area contributed by atoms with Crippen LogP contribution < -0.4 is 11.3 Å². The van der Waals surface area contributed by atoms with E-state index in [0.717, 1.165) is 24.0 Å². The summed E-state index contributed by atoms with van der Waals surface area (Å²) < 4.78 is 1.10. The molecule has 0 aromatic heterocycles. The van der Waals surface area contributed by atoms with Crippen LogP contribution in [0.2, 0.25) is 0 Å². The highest BCUT2D eigenvalue weighted by Crippen LogP contribution is 2.17. The number of hydrazine groups is 1. The Labute approximate surface area is 111 Å².